The van der Waals surface area contributed by atoms with Gasteiger partial charge in [0.25, 0.3) is 5.91 Å². The number of carbonyl (C=O) groups excluding carboxylic acids is 1. The fourth-order valence-electron chi connectivity index (χ4n) is 2.98. The topological polar surface area (TPSA) is 38.3 Å². The van der Waals surface area contributed by atoms with Gasteiger partial charge in [-0.1, -0.05) is 12.5 Å². The summed E-state index contributed by atoms with van der Waals surface area (Å²) in [5.41, 5.74) is 3.05. The molecule has 1 saturated carbocycles. The van der Waals surface area contributed by atoms with Crippen LogP contribution in [0.2, 0.25) is 0 Å². The number of hydrogen-bond acceptors (Lipinski definition) is 2. The van der Waals surface area contributed by atoms with Crippen molar-refractivity contribution in [1.29, 1.82) is 0 Å². The zero-order valence-corrected chi connectivity index (χ0v) is 11.6. The largest absolute Gasteiger partial charge is 0.372 e. The average Bonchev–Trinajstić information content (AvgIpc) is 3.05. The summed E-state index contributed by atoms with van der Waals surface area (Å²) < 4.78 is 5.37. The maximum Gasteiger partial charge on any atom is 0.251 e. The van der Waals surface area contributed by atoms with Crippen LogP contribution in [-0.2, 0) is 18.0 Å². The molecule has 0 saturated heterocycles. The maximum atomic E-state index is 12.3. The Bertz CT molecular complexity index is 489. The molecule has 0 spiro atoms. The zero-order valence-electron chi connectivity index (χ0n) is 10.8. The lowest BCUT2D eigenvalue weighted by Crippen LogP contribution is -2.38. The Morgan fingerprint density at radius 3 is 3.00 bits per heavy atom. The fourth-order valence-corrected chi connectivity index (χ4v) is 3.35. The van der Waals surface area contributed by atoms with Crippen LogP contribution in [0, 0.1) is 5.92 Å². The van der Waals surface area contributed by atoms with E-state index in [9.17, 15) is 4.79 Å². The lowest BCUT2D eigenvalue weighted by atomic mass is 10.0. The second-order valence-electron chi connectivity index (χ2n) is 5.40. The summed E-state index contributed by atoms with van der Waals surface area (Å²) >= 11 is 5.94. The molecule has 1 aromatic carbocycles. The standard InChI is InChI=1S/C15H18ClNO2/c16-7-11-2-1-3-14(11)17-15(18)10-4-5-12-8-19-9-13(12)6-10/h4-6,11,14H,1-3,7-9H2,(H,17,18). The van der Waals surface area contributed by atoms with Gasteiger partial charge in [0.2, 0.25) is 0 Å². The summed E-state index contributed by atoms with van der Waals surface area (Å²) in [6.07, 6.45) is 3.31. The van der Waals surface area contributed by atoms with Gasteiger partial charge in [0.1, 0.15) is 0 Å². The molecule has 1 aromatic rings. The SMILES string of the molecule is O=C(NC1CCCC1CCl)c1ccc2c(c1)COC2. The van der Waals surface area contributed by atoms with E-state index in [2.05, 4.69) is 5.32 Å². The Hall–Kier alpha value is -1.06. The van der Waals surface area contributed by atoms with Crippen LogP contribution in [0.3, 0.4) is 0 Å². The van der Waals surface area contributed by atoms with E-state index in [1.807, 2.05) is 18.2 Å². The van der Waals surface area contributed by atoms with E-state index >= 15 is 0 Å². The highest BCUT2D eigenvalue weighted by molar-refractivity contribution is 6.18. The van der Waals surface area contributed by atoms with Gasteiger partial charge < -0.3 is 10.1 Å². The van der Waals surface area contributed by atoms with Crippen LogP contribution in [0.5, 0.6) is 0 Å². The van der Waals surface area contributed by atoms with E-state index < -0.39 is 0 Å². The number of benzene rings is 1. The van der Waals surface area contributed by atoms with Gasteiger partial charge in [-0.05, 0) is 42.0 Å². The van der Waals surface area contributed by atoms with Gasteiger partial charge in [-0.3, -0.25) is 4.79 Å². The first-order chi connectivity index (χ1) is 9.28. The normalized spacial score (nSPS) is 25.3. The van der Waals surface area contributed by atoms with E-state index in [-0.39, 0.29) is 11.9 Å². The molecule has 1 aliphatic heterocycles. The Kier molecular flexibility index (Phi) is 3.76. The molecule has 3 rings (SSSR count). The lowest BCUT2D eigenvalue weighted by molar-refractivity contribution is 0.0930. The number of carbonyl (C=O) groups is 1. The molecule has 4 heteroatoms. The second-order valence-corrected chi connectivity index (χ2v) is 5.71. The van der Waals surface area contributed by atoms with Gasteiger partial charge in [0.05, 0.1) is 13.2 Å². The van der Waals surface area contributed by atoms with Crippen molar-refractivity contribution in [3.05, 3.63) is 34.9 Å². The van der Waals surface area contributed by atoms with E-state index in [4.69, 9.17) is 16.3 Å². The average molecular weight is 280 g/mol. The highest BCUT2D eigenvalue weighted by atomic mass is 35.5. The Morgan fingerprint density at radius 1 is 1.32 bits per heavy atom. The molecule has 1 heterocycles. The summed E-state index contributed by atoms with van der Waals surface area (Å²) in [5.74, 6) is 1.06. The van der Waals surface area contributed by atoms with Crippen molar-refractivity contribution in [3.63, 3.8) is 0 Å². The van der Waals surface area contributed by atoms with Gasteiger partial charge in [-0.25, -0.2) is 0 Å². The van der Waals surface area contributed by atoms with Gasteiger partial charge >= 0.3 is 0 Å². The Morgan fingerprint density at radius 2 is 2.16 bits per heavy atom. The molecule has 3 nitrogen and oxygen atoms in total. The molecule has 0 bridgehead atoms. The molecule has 1 fully saturated rings. The first-order valence-corrected chi connectivity index (χ1v) is 7.38. The quantitative estimate of drug-likeness (QED) is 0.864. The van der Waals surface area contributed by atoms with Gasteiger partial charge in [-0.2, -0.15) is 0 Å². The molecule has 2 aliphatic rings. The molecule has 1 N–H and O–H groups in total. The Balaban J connectivity index is 1.70. The number of nitrogens with one attached hydrogen (secondary N) is 1. The highest BCUT2D eigenvalue weighted by Gasteiger charge is 2.28. The summed E-state index contributed by atoms with van der Waals surface area (Å²) in [6, 6.07) is 6.05. The van der Waals surface area contributed by atoms with Crippen LogP contribution in [0.1, 0.15) is 40.7 Å². The minimum absolute atomic E-state index is 0.0108. The third kappa shape index (κ3) is 2.63. The molecule has 2 unspecified atom stereocenters. The third-order valence-electron chi connectivity index (χ3n) is 4.16. The summed E-state index contributed by atoms with van der Waals surface area (Å²) in [7, 11) is 0. The van der Waals surface area contributed by atoms with Gasteiger partial charge in [0, 0.05) is 17.5 Å². The van der Waals surface area contributed by atoms with Crippen molar-refractivity contribution >= 4 is 17.5 Å². The molecule has 0 radical (unpaired) electrons. The molecule has 1 amide bonds. The third-order valence-corrected chi connectivity index (χ3v) is 4.55. The van der Waals surface area contributed by atoms with Crippen LogP contribution in [0.25, 0.3) is 0 Å². The van der Waals surface area contributed by atoms with Crippen molar-refractivity contribution < 1.29 is 9.53 Å². The minimum Gasteiger partial charge on any atom is -0.372 e. The number of ether oxygens (including phenoxy) is 1. The van der Waals surface area contributed by atoms with Gasteiger partial charge in [0.15, 0.2) is 0 Å². The van der Waals surface area contributed by atoms with Crippen molar-refractivity contribution in [2.45, 2.75) is 38.5 Å². The summed E-state index contributed by atoms with van der Waals surface area (Å²) in [4.78, 5) is 12.3. The number of amides is 1. The Labute approximate surface area is 118 Å². The number of rotatable bonds is 3. The molecule has 102 valence electrons. The molecule has 0 aromatic heterocycles. The molecule has 19 heavy (non-hydrogen) atoms. The second kappa shape index (κ2) is 5.51. The van der Waals surface area contributed by atoms with Crippen LogP contribution in [0.4, 0.5) is 0 Å². The highest BCUT2D eigenvalue weighted by Crippen LogP contribution is 2.27. The van der Waals surface area contributed by atoms with Crippen molar-refractivity contribution in [2.24, 2.45) is 5.92 Å². The van der Waals surface area contributed by atoms with Crippen molar-refractivity contribution in [2.75, 3.05) is 5.88 Å². The molecular weight excluding hydrogens is 262 g/mol. The van der Waals surface area contributed by atoms with Crippen LogP contribution in [0.15, 0.2) is 18.2 Å². The number of hydrogen-bond donors (Lipinski definition) is 1. The van der Waals surface area contributed by atoms with Crippen molar-refractivity contribution in [3.8, 4) is 0 Å². The smallest absolute Gasteiger partial charge is 0.251 e. The number of fused-ring (bicyclic) bond motifs is 1. The van der Waals surface area contributed by atoms with E-state index in [0.29, 0.717) is 25.0 Å². The summed E-state index contributed by atoms with van der Waals surface area (Å²) in [5, 5.41) is 3.12. The maximum absolute atomic E-state index is 12.3. The van der Waals surface area contributed by atoms with E-state index in [1.54, 1.807) is 0 Å². The molecular formula is C15H18ClNO2. The van der Waals surface area contributed by atoms with Crippen molar-refractivity contribution in [1.82, 2.24) is 5.32 Å². The fraction of sp³-hybridized carbons (Fsp3) is 0.533. The van der Waals surface area contributed by atoms with Crippen LogP contribution < -0.4 is 5.32 Å². The summed E-state index contributed by atoms with van der Waals surface area (Å²) in [6.45, 7) is 1.28. The first kappa shape index (κ1) is 12.9. The molecule has 2 atom stereocenters. The number of alkyl halides is 1. The predicted molar refractivity (Wildman–Crippen MR) is 74.3 cm³/mol. The van der Waals surface area contributed by atoms with E-state index in [1.165, 1.54) is 5.56 Å². The van der Waals surface area contributed by atoms with Gasteiger partial charge in [-0.15, -0.1) is 11.6 Å². The lowest BCUT2D eigenvalue weighted by Gasteiger charge is -2.19. The predicted octanol–water partition coefficient (Wildman–Crippen LogP) is 2.85. The molecule has 1 aliphatic carbocycles. The van der Waals surface area contributed by atoms with E-state index in [0.717, 1.165) is 30.4 Å². The van der Waals surface area contributed by atoms with Crippen LogP contribution in [-0.4, -0.2) is 17.8 Å². The number of halogens is 1. The van der Waals surface area contributed by atoms with Crippen LogP contribution >= 0.6 is 11.6 Å². The first-order valence-electron chi connectivity index (χ1n) is 6.84. The zero-order chi connectivity index (χ0) is 13.2. The minimum atomic E-state index is 0.0108. The monoisotopic (exact) mass is 279 g/mol.